The van der Waals surface area contributed by atoms with Crippen molar-refractivity contribution in [2.24, 2.45) is 0 Å². The van der Waals surface area contributed by atoms with Gasteiger partial charge in [0, 0.05) is 5.56 Å². The highest BCUT2D eigenvalue weighted by Crippen LogP contribution is 2.26. The van der Waals surface area contributed by atoms with Gasteiger partial charge in [0.2, 0.25) is 0 Å². The van der Waals surface area contributed by atoms with Crippen LogP contribution in [0.4, 0.5) is 10.5 Å². The number of nitrogens with one attached hydrogen (secondary N) is 1. The average molecular weight is 350 g/mol. The van der Waals surface area contributed by atoms with E-state index in [0.717, 1.165) is 16.0 Å². The second kappa shape index (κ2) is 6.84. The van der Waals surface area contributed by atoms with E-state index in [0.29, 0.717) is 17.0 Å². The Morgan fingerprint density at radius 3 is 2.31 bits per heavy atom. The summed E-state index contributed by atoms with van der Waals surface area (Å²) in [6.45, 7) is 3.75. The van der Waals surface area contributed by atoms with Crippen LogP contribution in [0.5, 0.6) is 5.75 Å². The van der Waals surface area contributed by atoms with E-state index in [4.69, 9.17) is 4.74 Å². The molecule has 26 heavy (non-hydrogen) atoms. The van der Waals surface area contributed by atoms with Gasteiger partial charge in [-0.1, -0.05) is 24.3 Å². The summed E-state index contributed by atoms with van der Waals surface area (Å²) >= 11 is 0. The highest BCUT2D eigenvalue weighted by Gasteiger charge is 2.37. The maximum Gasteiger partial charge on any atom is 0.335 e. The van der Waals surface area contributed by atoms with E-state index in [1.54, 1.807) is 36.4 Å². The fourth-order valence-corrected chi connectivity index (χ4v) is 2.91. The van der Waals surface area contributed by atoms with Crippen molar-refractivity contribution in [2.75, 3.05) is 12.0 Å². The number of anilines is 1. The van der Waals surface area contributed by atoms with Crippen LogP contribution in [0.25, 0.3) is 6.08 Å². The van der Waals surface area contributed by atoms with Gasteiger partial charge in [-0.2, -0.15) is 0 Å². The third-order valence-corrected chi connectivity index (χ3v) is 4.01. The summed E-state index contributed by atoms with van der Waals surface area (Å²) in [6.07, 6.45) is 1.43. The normalized spacial score (nSPS) is 16.0. The number of barbiturate groups is 1. The molecule has 1 fully saturated rings. The molecular formula is C20H18N2O4. The zero-order valence-electron chi connectivity index (χ0n) is 14.7. The van der Waals surface area contributed by atoms with Crippen molar-refractivity contribution in [3.05, 3.63) is 64.7 Å². The number of urea groups is 1. The molecule has 132 valence electrons. The number of rotatable bonds is 3. The minimum Gasteiger partial charge on any atom is -0.496 e. The summed E-state index contributed by atoms with van der Waals surface area (Å²) in [5.41, 5.74) is 2.68. The number of methoxy groups -OCH3 is 1. The number of ether oxygens (including phenoxy) is 1. The van der Waals surface area contributed by atoms with E-state index in [9.17, 15) is 14.4 Å². The molecule has 0 aromatic heterocycles. The molecule has 0 radical (unpaired) electrons. The average Bonchev–Trinajstić information content (AvgIpc) is 2.58. The molecule has 0 spiro atoms. The van der Waals surface area contributed by atoms with Crippen LogP contribution in [0.3, 0.4) is 0 Å². The van der Waals surface area contributed by atoms with Crippen LogP contribution in [0.15, 0.2) is 48.0 Å². The maximum atomic E-state index is 12.9. The molecule has 4 amide bonds. The number of amides is 4. The second-order valence-corrected chi connectivity index (χ2v) is 6.05. The number of para-hydroxylation sites is 1. The van der Waals surface area contributed by atoms with Crippen LogP contribution in [0.2, 0.25) is 0 Å². The van der Waals surface area contributed by atoms with Gasteiger partial charge < -0.3 is 4.74 Å². The molecule has 1 saturated heterocycles. The highest BCUT2D eigenvalue weighted by molar-refractivity contribution is 6.39. The van der Waals surface area contributed by atoms with Gasteiger partial charge in [-0.15, -0.1) is 0 Å². The van der Waals surface area contributed by atoms with Gasteiger partial charge in [0.05, 0.1) is 12.8 Å². The minimum absolute atomic E-state index is 0.131. The summed E-state index contributed by atoms with van der Waals surface area (Å²) in [7, 11) is 1.51. The van der Waals surface area contributed by atoms with Crippen molar-refractivity contribution >= 4 is 29.6 Å². The first-order chi connectivity index (χ1) is 12.4. The lowest BCUT2D eigenvalue weighted by Crippen LogP contribution is -2.54. The molecule has 0 unspecified atom stereocenters. The molecular weight excluding hydrogens is 332 g/mol. The number of carbonyl (C=O) groups is 3. The van der Waals surface area contributed by atoms with Gasteiger partial charge >= 0.3 is 6.03 Å². The Labute approximate surface area is 151 Å². The van der Waals surface area contributed by atoms with Crippen molar-refractivity contribution in [2.45, 2.75) is 13.8 Å². The molecule has 1 aliphatic rings. The van der Waals surface area contributed by atoms with Crippen molar-refractivity contribution in [1.82, 2.24) is 5.32 Å². The van der Waals surface area contributed by atoms with Gasteiger partial charge in [-0.25, -0.2) is 9.69 Å². The summed E-state index contributed by atoms with van der Waals surface area (Å²) < 4.78 is 5.25. The Kier molecular flexibility index (Phi) is 4.58. The lowest BCUT2D eigenvalue weighted by Gasteiger charge is -2.27. The van der Waals surface area contributed by atoms with Gasteiger partial charge in [-0.05, 0) is 49.2 Å². The molecule has 1 aliphatic heterocycles. The van der Waals surface area contributed by atoms with Crippen LogP contribution < -0.4 is 15.0 Å². The predicted octanol–water partition coefficient (Wildman–Crippen LogP) is 2.98. The predicted molar refractivity (Wildman–Crippen MR) is 97.9 cm³/mol. The molecule has 1 N–H and O–H groups in total. The molecule has 2 aromatic rings. The van der Waals surface area contributed by atoms with Gasteiger partial charge in [0.1, 0.15) is 11.3 Å². The van der Waals surface area contributed by atoms with Gasteiger partial charge in [0.25, 0.3) is 11.8 Å². The molecule has 6 heteroatoms. The molecule has 0 aliphatic carbocycles. The largest absolute Gasteiger partial charge is 0.496 e. The van der Waals surface area contributed by atoms with E-state index in [1.807, 2.05) is 19.9 Å². The van der Waals surface area contributed by atoms with Crippen LogP contribution in [0, 0.1) is 13.8 Å². The number of hydrogen-bond donors (Lipinski definition) is 1. The van der Waals surface area contributed by atoms with E-state index in [-0.39, 0.29) is 5.57 Å². The summed E-state index contributed by atoms with van der Waals surface area (Å²) in [5.74, 6) is -0.878. The number of nitrogens with zero attached hydrogens (tertiary/aromatic N) is 1. The lowest BCUT2D eigenvalue weighted by molar-refractivity contribution is -0.122. The van der Waals surface area contributed by atoms with Crippen LogP contribution in [-0.2, 0) is 9.59 Å². The third kappa shape index (κ3) is 3.21. The first kappa shape index (κ1) is 17.4. The molecule has 0 saturated carbocycles. The monoisotopic (exact) mass is 350 g/mol. The summed E-state index contributed by atoms with van der Waals surface area (Å²) in [4.78, 5) is 38.4. The number of imide groups is 2. The Bertz CT molecular complexity index is 926. The Hall–Kier alpha value is -3.41. The number of carbonyl (C=O) groups excluding carboxylic acids is 3. The summed E-state index contributed by atoms with van der Waals surface area (Å²) in [5, 5.41) is 2.22. The van der Waals surface area contributed by atoms with Gasteiger partial charge in [0.15, 0.2) is 0 Å². The Morgan fingerprint density at radius 1 is 1.00 bits per heavy atom. The topological polar surface area (TPSA) is 75.7 Å². The zero-order chi connectivity index (χ0) is 18.8. The minimum atomic E-state index is -0.762. The Morgan fingerprint density at radius 2 is 1.65 bits per heavy atom. The number of benzene rings is 2. The number of aryl methyl sites for hydroxylation is 2. The zero-order valence-corrected chi connectivity index (χ0v) is 14.7. The molecule has 2 aromatic carbocycles. The fourth-order valence-electron chi connectivity index (χ4n) is 2.91. The van der Waals surface area contributed by atoms with E-state index < -0.39 is 17.8 Å². The lowest BCUT2D eigenvalue weighted by atomic mass is 10.0. The van der Waals surface area contributed by atoms with E-state index >= 15 is 0 Å². The fraction of sp³-hybridized carbons (Fsp3) is 0.150. The molecule has 0 bridgehead atoms. The first-order valence-corrected chi connectivity index (χ1v) is 8.03. The first-order valence-electron chi connectivity index (χ1n) is 8.03. The second-order valence-electron chi connectivity index (χ2n) is 6.05. The smallest absolute Gasteiger partial charge is 0.335 e. The van der Waals surface area contributed by atoms with E-state index in [2.05, 4.69) is 5.32 Å². The van der Waals surface area contributed by atoms with Crippen molar-refractivity contribution in [3.63, 3.8) is 0 Å². The van der Waals surface area contributed by atoms with Crippen molar-refractivity contribution in [3.8, 4) is 5.75 Å². The van der Waals surface area contributed by atoms with Crippen LogP contribution in [-0.4, -0.2) is 25.0 Å². The third-order valence-electron chi connectivity index (χ3n) is 4.01. The van der Waals surface area contributed by atoms with Gasteiger partial charge in [-0.3, -0.25) is 14.9 Å². The number of hydrogen-bond acceptors (Lipinski definition) is 4. The summed E-state index contributed by atoms with van der Waals surface area (Å²) in [6, 6.07) is 11.6. The van der Waals surface area contributed by atoms with Crippen LogP contribution >= 0.6 is 0 Å². The standard InChI is InChI=1S/C20H18N2O4/c1-12-8-13(2)10-15(9-12)22-19(24)16(18(23)21-20(22)25)11-14-6-4-5-7-17(14)26-3/h4-11H,1-3H3,(H,21,23,25)/b16-11-. The SMILES string of the molecule is COc1ccccc1/C=C1/C(=O)NC(=O)N(c2cc(C)cc(C)c2)C1=O. The van der Waals surface area contributed by atoms with Crippen LogP contribution in [0.1, 0.15) is 16.7 Å². The molecule has 0 atom stereocenters. The van der Waals surface area contributed by atoms with E-state index in [1.165, 1.54) is 13.2 Å². The quantitative estimate of drug-likeness (QED) is 0.682. The Balaban J connectivity index is 2.07. The molecule has 1 heterocycles. The molecule has 3 rings (SSSR count). The maximum absolute atomic E-state index is 12.9. The van der Waals surface area contributed by atoms with Crippen molar-refractivity contribution < 1.29 is 19.1 Å². The van der Waals surface area contributed by atoms with Crippen molar-refractivity contribution in [1.29, 1.82) is 0 Å². The molecule has 6 nitrogen and oxygen atoms in total. The highest BCUT2D eigenvalue weighted by atomic mass is 16.5.